The standard InChI is InChI=1S/C25H21N3O2S3/c1-17(14-18-8-4-2-5-9-18)15-21-23(30)28(25(31)33-21)13-12-22(29)27-24-26-20(16-32-24)19-10-6-3-7-11-19/h2-11,14-16H,12-13H2,1H3,(H,26,27,29)/b17-14+,21-15+. The molecule has 1 aliphatic rings. The molecule has 0 atom stereocenters. The molecule has 1 fully saturated rings. The number of nitrogens with zero attached hydrogens (tertiary/aromatic N) is 2. The Balaban J connectivity index is 1.33. The van der Waals surface area contributed by atoms with Crippen molar-refractivity contribution in [3.05, 3.63) is 88.2 Å². The van der Waals surface area contributed by atoms with E-state index in [2.05, 4.69) is 10.3 Å². The molecule has 0 spiro atoms. The van der Waals surface area contributed by atoms with Gasteiger partial charge in [0.2, 0.25) is 5.91 Å². The highest BCUT2D eigenvalue weighted by molar-refractivity contribution is 8.26. The number of carbonyl (C=O) groups is 2. The van der Waals surface area contributed by atoms with E-state index in [9.17, 15) is 9.59 Å². The number of amides is 2. The first-order valence-electron chi connectivity index (χ1n) is 10.3. The summed E-state index contributed by atoms with van der Waals surface area (Å²) in [5.41, 5.74) is 3.83. The average Bonchev–Trinajstić information content (AvgIpc) is 3.38. The van der Waals surface area contributed by atoms with Gasteiger partial charge in [0.15, 0.2) is 5.13 Å². The number of anilines is 1. The first kappa shape index (κ1) is 23.1. The molecule has 1 aromatic heterocycles. The largest absolute Gasteiger partial charge is 0.302 e. The molecule has 5 nitrogen and oxygen atoms in total. The number of hydrogen-bond donors (Lipinski definition) is 1. The Bertz CT molecular complexity index is 1230. The Morgan fingerprint density at radius 3 is 2.55 bits per heavy atom. The van der Waals surface area contributed by atoms with Crippen molar-refractivity contribution in [2.24, 2.45) is 0 Å². The van der Waals surface area contributed by atoms with Crippen molar-refractivity contribution >= 4 is 62.7 Å². The second-order valence-electron chi connectivity index (χ2n) is 7.33. The van der Waals surface area contributed by atoms with Crippen LogP contribution in [-0.4, -0.2) is 32.6 Å². The van der Waals surface area contributed by atoms with Crippen LogP contribution in [0, 0.1) is 0 Å². The molecule has 33 heavy (non-hydrogen) atoms. The molecular formula is C25H21N3O2S3. The maximum Gasteiger partial charge on any atom is 0.266 e. The number of rotatable bonds is 7. The van der Waals surface area contributed by atoms with E-state index in [0.717, 1.165) is 22.4 Å². The summed E-state index contributed by atoms with van der Waals surface area (Å²) in [7, 11) is 0. The number of benzene rings is 2. The molecule has 0 radical (unpaired) electrons. The molecule has 4 rings (SSSR count). The van der Waals surface area contributed by atoms with Crippen LogP contribution in [0.2, 0.25) is 0 Å². The van der Waals surface area contributed by atoms with Crippen molar-refractivity contribution in [3.8, 4) is 11.3 Å². The molecule has 1 N–H and O–H groups in total. The normalized spacial score (nSPS) is 15.4. The predicted molar refractivity (Wildman–Crippen MR) is 141 cm³/mol. The zero-order chi connectivity index (χ0) is 23.2. The second kappa shape index (κ2) is 10.7. The maximum absolute atomic E-state index is 12.8. The number of hydrogen-bond acceptors (Lipinski definition) is 6. The molecule has 0 saturated carbocycles. The van der Waals surface area contributed by atoms with Crippen LogP contribution in [-0.2, 0) is 9.59 Å². The lowest BCUT2D eigenvalue weighted by atomic mass is 10.1. The van der Waals surface area contributed by atoms with E-state index in [1.54, 1.807) is 0 Å². The second-order valence-corrected chi connectivity index (χ2v) is 9.87. The van der Waals surface area contributed by atoms with Crippen molar-refractivity contribution < 1.29 is 9.59 Å². The molecule has 1 aliphatic heterocycles. The van der Waals surface area contributed by atoms with Gasteiger partial charge in [0.25, 0.3) is 5.91 Å². The van der Waals surface area contributed by atoms with Gasteiger partial charge < -0.3 is 5.32 Å². The summed E-state index contributed by atoms with van der Waals surface area (Å²) in [5.74, 6) is -0.374. The minimum Gasteiger partial charge on any atom is -0.302 e. The number of carbonyl (C=O) groups excluding carboxylic acids is 2. The molecule has 1 saturated heterocycles. The van der Waals surface area contributed by atoms with Gasteiger partial charge in [-0.15, -0.1) is 11.3 Å². The van der Waals surface area contributed by atoms with E-state index in [1.165, 1.54) is 28.0 Å². The zero-order valence-electron chi connectivity index (χ0n) is 17.9. The molecule has 2 aromatic carbocycles. The highest BCUT2D eigenvalue weighted by Gasteiger charge is 2.32. The average molecular weight is 492 g/mol. The Hall–Kier alpha value is -3.07. The summed E-state index contributed by atoms with van der Waals surface area (Å²) in [6.07, 6.45) is 3.99. The fraction of sp³-hybridized carbons (Fsp3) is 0.120. The first-order valence-corrected chi connectivity index (χ1v) is 12.4. The van der Waals surface area contributed by atoms with Crippen LogP contribution in [0.15, 0.2) is 82.6 Å². The van der Waals surface area contributed by atoms with Gasteiger partial charge >= 0.3 is 0 Å². The lowest BCUT2D eigenvalue weighted by Crippen LogP contribution is -2.31. The maximum atomic E-state index is 12.8. The first-order chi connectivity index (χ1) is 16.0. The van der Waals surface area contributed by atoms with E-state index in [0.29, 0.717) is 14.4 Å². The van der Waals surface area contributed by atoms with Crippen LogP contribution in [0.3, 0.4) is 0 Å². The summed E-state index contributed by atoms with van der Waals surface area (Å²) in [6.45, 7) is 2.18. The molecular weight excluding hydrogens is 470 g/mol. The Labute approximate surface area is 206 Å². The van der Waals surface area contributed by atoms with Gasteiger partial charge in [0, 0.05) is 23.9 Å². The van der Waals surface area contributed by atoms with E-state index >= 15 is 0 Å². The predicted octanol–water partition coefficient (Wildman–Crippen LogP) is 5.99. The highest BCUT2D eigenvalue weighted by atomic mass is 32.2. The topological polar surface area (TPSA) is 62.3 Å². The Morgan fingerprint density at radius 2 is 1.82 bits per heavy atom. The third kappa shape index (κ3) is 6.04. The third-order valence-corrected chi connectivity index (χ3v) is 6.94. The molecule has 0 bridgehead atoms. The third-order valence-electron chi connectivity index (χ3n) is 4.81. The van der Waals surface area contributed by atoms with Crippen LogP contribution in [0.25, 0.3) is 17.3 Å². The molecule has 2 heterocycles. The molecule has 3 aromatic rings. The minimum absolute atomic E-state index is 0.138. The van der Waals surface area contributed by atoms with E-state index < -0.39 is 0 Å². The summed E-state index contributed by atoms with van der Waals surface area (Å²) < 4.78 is 0.465. The van der Waals surface area contributed by atoms with Gasteiger partial charge in [-0.05, 0) is 24.1 Å². The number of thiazole rings is 1. The van der Waals surface area contributed by atoms with E-state index in [1.807, 2.05) is 85.1 Å². The van der Waals surface area contributed by atoms with Crippen molar-refractivity contribution in [1.82, 2.24) is 9.88 Å². The quantitative estimate of drug-likeness (QED) is 0.325. The van der Waals surface area contributed by atoms with Gasteiger partial charge in [-0.2, -0.15) is 0 Å². The number of nitrogens with one attached hydrogen (secondary N) is 1. The zero-order valence-corrected chi connectivity index (χ0v) is 20.3. The summed E-state index contributed by atoms with van der Waals surface area (Å²) in [6, 6.07) is 19.7. The van der Waals surface area contributed by atoms with Gasteiger partial charge in [-0.25, -0.2) is 4.98 Å². The van der Waals surface area contributed by atoms with Crippen LogP contribution < -0.4 is 5.32 Å². The van der Waals surface area contributed by atoms with Gasteiger partial charge in [-0.1, -0.05) is 90.7 Å². The highest BCUT2D eigenvalue weighted by Crippen LogP contribution is 2.32. The number of thiocarbonyl (C=S) groups is 1. The fourth-order valence-electron chi connectivity index (χ4n) is 3.22. The SMILES string of the molecule is CC(=C\c1ccccc1)/C=C1/SC(=S)N(CCC(=O)Nc2nc(-c3ccccc3)cs2)C1=O. The van der Waals surface area contributed by atoms with Gasteiger partial charge in [-0.3, -0.25) is 14.5 Å². The summed E-state index contributed by atoms with van der Waals surface area (Å²) in [5, 5.41) is 5.25. The Morgan fingerprint density at radius 1 is 1.12 bits per heavy atom. The molecule has 8 heteroatoms. The molecule has 0 unspecified atom stereocenters. The van der Waals surface area contributed by atoms with E-state index in [-0.39, 0.29) is 24.8 Å². The van der Waals surface area contributed by atoms with E-state index in [4.69, 9.17) is 12.2 Å². The number of allylic oxidation sites excluding steroid dienone is 2. The van der Waals surface area contributed by atoms with Gasteiger partial charge in [0.1, 0.15) is 4.32 Å². The van der Waals surface area contributed by atoms with Crippen LogP contribution in [0.4, 0.5) is 5.13 Å². The molecule has 0 aliphatic carbocycles. The minimum atomic E-state index is -0.206. The summed E-state index contributed by atoms with van der Waals surface area (Å²) >= 11 is 8.02. The Kier molecular flexibility index (Phi) is 7.49. The fourth-order valence-corrected chi connectivity index (χ4v) is 5.32. The van der Waals surface area contributed by atoms with Crippen molar-refractivity contribution in [2.75, 3.05) is 11.9 Å². The molecule has 166 valence electrons. The van der Waals surface area contributed by atoms with Crippen LogP contribution >= 0.6 is 35.3 Å². The lowest BCUT2D eigenvalue weighted by Gasteiger charge is -2.13. The number of aromatic nitrogens is 1. The van der Waals surface area contributed by atoms with Crippen molar-refractivity contribution in [2.45, 2.75) is 13.3 Å². The smallest absolute Gasteiger partial charge is 0.266 e. The lowest BCUT2D eigenvalue weighted by molar-refractivity contribution is -0.122. The van der Waals surface area contributed by atoms with Crippen LogP contribution in [0.5, 0.6) is 0 Å². The number of thioether (sulfide) groups is 1. The van der Waals surface area contributed by atoms with Crippen molar-refractivity contribution in [3.63, 3.8) is 0 Å². The molecule has 2 amide bonds. The summed E-state index contributed by atoms with van der Waals surface area (Å²) in [4.78, 5) is 31.8. The monoisotopic (exact) mass is 491 g/mol. The van der Waals surface area contributed by atoms with Gasteiger partial charge in [0.05, 0.1) is 10.6 Å². The van der Waals surface area contributed by atoms with Crippen molar-refractivity contribution in [1.29, 1.82) is 0 Å². The van der Waals surface area contributed by atoms with Crippen LogP contribution in [0.1, 0.15) is 18.9 Å².